The van der Waals surface area contributed by atoms with Crippen LogP contribution in [-0.2, 0) is 6.54 Å². The zero-order chi connectivity index (χ0) is 15.4. The molecule has 2 aromatic rings. The molecule has 0 aliphatic rings. The first-order valence-corrected chi connectivity index (χ1v) is 6.69. The van der Waals surface area contributed by atoms with E-state index in [2.05, 4.69) is 15.6 Å². The van der Waals surface area contributed by atoms with Crippen molar-refractivity contribution in [3.05, 3.63) is 51.8 Å². The van der Waals surface area contributed by atoms with Gasteiger partial charge in [0.2, 0.25) is 0 Å². The molecule has 0 aliphatic heterocycles. The molecule has 0 unspecified atom stereocenters. The summed E-state index contributed by atoms with van der Waals surface area (Å²) in [4.78, 5) is 25.2. The molecule has 1 aromatic carbocycles. The number of urea groups is 1. The van der Waals surface area contributed by atoms with Crippen molar-refractivity contribution >= 4 is 40.8 Å². The third kappa shape index (κ3) is 4.14. The number of aromatic amines is 1. The van der Waals surface area contributed by atoms with Crippen LogP contribution in [-0.4, -0.2) is 16.9 Å². The average Bonchev–Trinajstić information content (AvgIpc) is 2.77. The van der Waals surface area contributed by atoms with Crippen molar-refractivity contribution in [2.24, 2.45) is 5.73 Å². The number of anilines is 1. The van der Waals surface area contributed by atoms with E-state index in [0.717, 1.165) is 5.56 Å². The van der Waals surface area contributed by atoms with Crippen molar-refractivity contribution in [3.63, 3.8) is 0 Å². The fraction of sp³-hybridized carbons (Fsp3) is 0.0769. The lowest BCUT2D eigenvalue weighted by molar-refractivity contribution is 0.0946. The second-order valence-electron chi connectivity index (χ2n) is 4.21. The minimum Gasteiger partial charge on any atom is -0.351 e. The minimum absolute atomic E-state index is 0.226. The monoisotopic (exact) mass is 326 g/mol. The van der Waals surface area contributed by atoms with E-state index in [0.29, 0.717) is 17.3 Å². The third-order valence-electron chi connectivity index (χ3n) is 2.64. The summed E-state index contributed by atoms with van der Waals surface area (Å²) in [5, 5.41) is 5.69. The average molecular weight is 327 g/mol. The van der Waals surface area contributed by atoms with E-state index in [-0.39, 0.29) is 16.8 Å². The van der Waals surface area contributed by atoms with Crippen LogP contribution in [0.3, 0.4) is 0 Å². The predicted molar refractivity (Wildman–Crippen MR) is 81.6 cm³/mol. The van der Waals surface area contributed by atoms with Crippen LogP contribution < -0.4 is 16.4 Å². The number of carbonyl (C=O) groups is 2. The molecular formula is C13H12Cl2N4O2. The van der Waals surface area contributed by atoms with Crippen LogP contribution in [0.2, 0.25) is 10.2 Å². The highest BCUT2D eigenvalue weighted by atomic mass is 35.5. The summed E-state index contributed by atoms with van der Waals surface area (Å²) in [6, 6.07) is 7.74. The Morgan fingerprint density at radius 2 is 1.86 bits per heavy atom. The van der Waals surface area contributed by atoms with Gasteiger partial charge in [-0.3, -0.25) is 4.79 Å². The number of carbonyl (C=O) groups excluding carboxylic acids is 2. The summed E-state index contributed by atoms with van der Waals surface area (Å²) in [6.45, 7) is 0.323. The summed E-state index contributed by atoms with van der Waals surface area (Å²) >= 11 is 11.5. The van der Waals surface area contributed by atoms with Crippen molar-refractivity contribution < 1.29 is 9.59 Å². The molecule has 8 heteroatoms. The number of hydrogen-bond donors (Lipinski definition) is 4. The summed E-state index contributed by atoms with van der Waals surface area (Å²) in [7, 11) is 0. The Bertz CT molecular complexity index is 648. The Kier molecular flexibility index (Phi) is 4.72. The molecular weight excluding hydrogens is 315 g/mol. The van der Waals surface area contributed by atoms with Gasteiger partial charge in [0.15, 0.2) is 0 Å². The number of halogens is 2. The van der Waals surface area contributed by atoms with Crippen molar-refractivity contribution in [3.8, 4) is 0 Å². The predicted octanol–water partition coefficient (Wildman–Crippen LogP) is 2.74. The van der Waals surface area contributed by atoms with E-state index in [4.69, 9.17) is 28.9 Å². The number of H-pyrrole nitrogens is 1. The second kappa shape index (κ2) is 6.51. The first-order chi connectivity index (χ1) is 9.95. The Balaban J connectivity index is 1.93. The molecule has 0 radical (unpaired) electrons. The van der Waals surface area contributed by atoms with Crippen LogP contribution in [0.25, 0.3) is 0 Å². The molecule has 0 bridgehead atoms. The molecule has 3 amide bonds. The van der Waals surface area contributed by atoms with E-state index in [1.54, 1.807) is 24.3 Å². The van der Waals surface area contributed by atoms with Gasteiger partial charge >= 0.3 is 6.03 Å². The zero-order valence-electron chi connectivity index (χ0n) is 10.7. The Morgan fingerprint density at radius 3 is 2.38 bits per heavy atom. The van der Waals surface area contributed by atoms with E-state index in [1.807, 2.05) is 0 Å². The first-order valence-electron chi connectivity index (χ1n) is 5.93. The molecule has 1 aromatic heterocycles. The van der Waals surface area contributed by atoms with Crippen LogP contribution in [0.1, 0.15) is 16.1 Å². The molecule has 21 heavy (non-hydrogen) atoms. The number of aromatic nitrogens is 1. The standard InChI is InChI=1S/C13H12Cl2N4O2/c14-9-5-10(19-11(9)15)12(20)17-6-7-1-3-8(4-2-7)18-13(16)21/h1-5,19H,6H2,(H,17,20)(H3,16,18,21). The van der Waals surface area contributed by atoms with E-state index < -0.39 is 6.03 Å². The Hall–Kier alpha value is -2.18. The highest BCUT2D eigenvalue weighted by Crippen LogP contribution is 2.21. The minimum atomic E-state index is -0.628. The Labute approximate surface area is 130 Å². The van der Waals surface area contributed by atoms with Gasteiger partial charge in [-0.1, -0.05) is 35.3 Å². The molecule has 1 heterocycles. The van der Waals surface area contributed by atoms with Crippen LogP contribution >= 0.6 is 23.2 Å². The summed E-state index contributed by atoms with van der Waals surface area (Å²) in [5.74, 6) is -0.317. The SMILES string of the molecule is NC(=O)Nc1ccc(CNC(=O)c2cc(Cl)c(Cl)[nH]2)cc1. The lowest BCUT2D eigenvalue weighted by Gasteiger charge is -2.06. The molecule has 0 aliphatic carbocycles. The number of amides is 3. The van der Waals surface area contributed by atoms with Crippen molar-refractivity contribution in [1.82, 2.24) is 10.3 Å². The first kappa shape index (κ1) is 15.2. The van der Waals surface area contributed by atoms with E-state index in [9.17, 15) is 9.59 Å². The molecule has 0 saturated heterocycles. The van der Waals surface area contributed by atoms with Crippen LogP contribution in [0, 0.1) is 0 Å². The maximum Gasteiger partial charge on any atom is 0.316 e. The van der Waals surface area contributed by atoms with E-state index in [1.165, 1.54) is 6.07 Å². The molecule has 6 nitrogen and oxygen atoms in total. The molecule has 0 spiro atoms. The number of benzene rings is 1. The third-order valence-corrected chi connectivity index (χ3v) is 3.34. The topological polar surface area (TPSA) is 100 Å². The quantitative estimate of drug-likeness (QED) is 0.694. The molecule has 0 saturated carbocycles. The van der Waals surface area contributed by atoms with Crippen LogP contribution in [0.5, 0.6) is 0 Å². The zero-order valence-corrected chi connectivity index (χ0v) is 12.3. The lowest BCUT2D eigenvalue weighted by atomic mass is 10.2. The van der Waals surface area contributed by atoms with Gasteiger partial charge in [-0.2, -0.15) is 0 Å². The van der Waals surface area contributed by atoms with Gasteiger partial charge in [-0.05, 0) is 23.8 Å². The van der Waals surface area contributed by atoms with Gasteiger partial charge in [0.05, 0.1) is 5.02 Å². The largest absolute Gasteiger partial charge is 0.351 e. The molecule has 0 atom stereocenters. The fourth-order valence-corrected chi connectivity index (χ4v) is 1.96. The summed E-state index contributed by atoms with van der Waals surface area (Å²) in [6.07, 6.45) is 0. The van der Waals surface area contributed by atoms with Crippen molar-refractivity contribution in [2.45, 2.75) is 6.54 Å². The van der Waals surface area contributed by atoms with Crippen molar-refractivity contribution in [2.75, 3.05) is 5.32 Å². The number of hydrogen-bond acceptors (Lipinski definition) is 2. The molecule has 5 N–H and O–H groups in total. The van der Waals surface area contributed by atoms with Gasteiger partial charge in [-0.15, -0.1) is 0 Å². The normalized spacial score (nSPS) is 10.2. The van der Waals surface area contributed by atoms with Crippen LogP contribution in [0.4, 0.5) is 10.5 Å². The highest BCUT2D eigenvalue weighted by Gasteiger charge is 2.11. The maximum absolute atomic E-state index is 11.9. The number of nitrogens with one attached hydrogen (secondary N) is 3. The number of nitrogens with two attached hydrogens (primary N) is 1. The van der Waals surface area contributed by atoms with Gasteiger partial charge in [0.1, 0.15) is 10.8 Å². The number of primary amides is 1. The number of rotatable bonds is 4. The van der Waals surface area contributed by atoms with Crippen LogP contribution in [0.15, 0.2) is 30.3 Å². The summed E-state index contributed by atoms with van der Waals surface area (Å²) in [5.41, 5.74) is 6.74. The lowest BCUT2D eigenvalue weighted by Crippen LogP contribution is -2.23. The van der Waals surface area contributed by atoms with Gasteiger partial charge in [0.25, 0.3) is 5.91 Å². The van der Waals surface area contributed by atoms with Gasteiger partial charge < -0.3 is 21.4 Å². The highest BCUT2D eigenvalue weighted by molar-refractivity contribution is 6.41. The smallest absolute Gasteiger partial charge is 0.316 e. The van der Waals surface area contributed by atoms with E-state index >= 15 is 0 Å². The fourth-order valence-electron chi connectivity index (χ4n) is 1.65. The molecule has 0 fully saturated rings. The summed E-state index contributed by atoms with van der Waals surface area (Å²) < 4.78 is 0. The van der Waals surface area contributed by atoms with Crippen molar-refractivity contribution in [1.29, 1.82) is 0 Å². The maximum atomic E-state index is 11.9. The van der Waals surface area contributed by atoms with Gasteiger partial charge in [0, 0.05) is 12.2 Å². The molecule has 2 rings (SSSR count). The molecule has 110 valence electrons. The second-order valence-corrected chi connectivity index (χ2v) is 5.00. The Morgan fingerprint density at radius 1 is 1.19 bits per heavy atom. The van der Waals surface area contributed by atoms with Gasteiger partial charge in [-0.25, -0.2) is 4.79 Å².